The van der Waals surface area contributed by atoms with Gasteiger partial charge >= 0.3 is 0 Å². The third-order valence-electron chi connectivity index (χ3n) is 6.77. The first-order chi connectivity index (χ1) is 16.4. The molecule has 5 nitrogen and oxygen atoms in total. The number of aryl methyl sites for hydroxylation is 1. The van der Waals surface area contributed by atoms with Crippen LogP contribution >= 0.6 is 0 Å². The Morgan fingerprint density at radius 1 is 0.941 bits per heavy atom. The Labute approximate surface area is 201 Å². The molecule has 2 unspecified atom stereocenters. The molecule has 0 N–H and O–H groups in total. The van der Waals surface area contributed by atoms with E-state index >= 15 is 0 Å². The third kappa shape index (κ3) is 4.48. The second kappa shape index (κ2) is 9.81. The van der Waals surface area contributed by atoms with Crippen LogP contribution in [0.3, 0.4) is 0 Å². The topological polar surface area (TPSA) is 85.0 Å². The predicted molar refractivity (Wildman–Crippen MR) is 131 cm³/mol. The van der Waals surface area contributed by atoms with Gasteiger partial charge in [-0.15, -0.1) is 0 Å². The minimum atomic E-state index is -3.82. The van der Waals surface area contributed by atoms with Crippen molar-refractivity contribution in [3.63, 3.8) is 0 Å². The van der Waals surface area contributed by atoms with Gasteiger partial charge in [0.05, 0.1) is 29.4 Å². The molecule has 0 aromatic heterocycles. The highest BCUT2D eigenvalue weighted by molar-refractivity contribution is 7.89. The monoisotopic (exact) mass is 469 g/mol. The van der Waals surface area contributed by atoms with Gasteiger partial charge in [0.1, 0.15) is 0 Å². The maximum atomic E-state index is 13.9. The fraction of sp³-hybridized carbons (Fsp3) is 0.286. The van der Waals surface area contributed by atoms with E-state index in [0.717, 1.165) is 16.7 Å². The fourth-order valence-corrected chi connectivity index (χ4v) is 6.71. The summed E-state index contributed by atoms with van der Waals surface area (Å²) in [5.74, 6) is -0.534. The molecular formula is C28H27N3O2S. The van der Waals surface area contributed by atoms with Crippen LogP contribution in [0, 0.1) is 35.5 Å². The molecule has 1 heterocycles. The highest BCUT2D eigenvalue weighted by atomic mass is 32.2. The zero-order valence-electron chi connectivity index (χ0n) is 19.1. The molecule has 4 rings (SSSR count). The van der Waals surface area contributed by atoms with Crippen LogP contribution in [0.1, 0.15) is 36.0 Å². The normalized spacial score (nSPS) is 18.6. The maximum Gasteiger partial charge on any atom is 0.243 e. The van der Waals surface area contributed by atoms with Crippen LogP contribution in [0.15, 0.2) is 89.8 Å². The smallest absolute Gasteiger partial charge is 0.207 e. The summed E-state index contributed by atoms with van der Waals surface area (Å²) >= 11 is 0. The van der Waals surface area contributed by atoms with Crippen molar-refractivity contribution < 1.29 is 8.42 Å². The molecule has 2 atom stereocenters. The Bertz CT molecular complexity index is 1270. The van der Waals surface area contributed by atoms with E-state index in [9.17, 15) is 18.9 Å². The Hall–Kier alpha value is -3.45. The number of nitrogens with zero attached hydrogens (tertiary/aromatic N) is 3. The molecule has 6 heteroatoms. The molecule has 3 aromatic rings. The average Bonchev–Trinajstić information content (AvgIpc) is 3.26. The average molecular weight is 470 g/mol. The second-order valence-corrected chi connectivity index (χ2v) is 10.8. The van der Waals surface area contributed by atoms with Gasteiger partial charge in [0.15, 0.2) is 0 Å². The van der Waals surface area contributed by atoms with E-state index in [1.54, 1.807) is 28.6 Å². The van der Waals surface area contributed by atoms with Gasteiger partial charge in [-0.1, -0.05) is 78.4 Å². The molecule has 1 saturated heterocycles. The van der Waals surface area contributed by atoms with Crippen LogP contribution in [0.25, 0.3) is 0 Å². The molecule has 0 saturated carbocycles. The zero-order chi connectivity index (χ0) is 24.2. The fourth-order valence-electron chi connectivity index (χ4n) is 5.01. The van der Waals surface area contributed by atoms with E-state index in [0.29, 0.717) is 12.8 Å². The number of sulfonamides is 1. The summed E-state index contributed by atoms with van der Waals surface area (Å²) < 4.78 is 29.4. The lowest BCUT2D eigenvalue weighted by atomic mass is 9.72. The minimum Gasteiger partial charge on any atom is -0.207 e. The van der Waals surface area contributed by atoms with Gasteiger partial charge in [0, 0.05) is 18.0 Å². The van der Waals surface area contributed by atoms with Crippen LogP contribution in [0.4, 0.5) is 0 Å². The molecule has 34 heavy (non-hydrogen) atoms. The first-order valence-corrected chi connectivity index (χ1v) is 12.8. The van der Waals surface area contributed by atoms with Gasteiger partial charge in [-0.2, -0.15) is 14.8 Å². The molecule has 0 amide bonds. The van der Waals surface area contributed by atoms with Gasteiger partial charge in [0.2, 0.25) is 10.0 Å². The lowest BCUT2D eigenvalue weighted by molar-refractivity contribution is 0.344. The van der Waals surface area contributed by atoms with Crippen LogP contribution < -0.4 is 0 Å². The van der Waals surface area contributed by atoms with Crippen molar-refractivity contribution in [2.45, 2.75) is 42.5 Å². The van der Waals surface area contributed by atoms with Crippen LogP contribution in [0.5, 0.6) is 0 Å². The summed E-state index contributed by atoms with van der Waals surface area (Å²) in [4.78, 5) is 0.244. The molecule has 0 aliphatic carbocycles. The summed E-state index contributed by atoms with van der Waals surface area (Å²) in [6, 6.07) is 30.7. The van der Waals surface area contributed by atoms with Crippen molar-refractivity contribution in [1.29, 1.82) is 10.5 Å². The Kier molecular flexibility index (Phi) is 6.84. The lowest BCUT2D eigenvalue weighted by Gasteiger charge is -2.30. The van der Waals surface area contributed by atoms with Crippen LogP contribution in [-0.2, 0) is 15.4 Å². The predicted octanol–water partition coefficient (Wildman–Crippen LogP) is 5.19. The maximum absolute atomic E-state index is 13.9. The van der Waals surface area contributed by atoms with Gasteiger partial charge in [-0.3, -0.25) is 0 Å². The molecule has 0 radical (unpaired) electrons. The summed E-state index contributed by atoms with van der Waals surface area (Å²) in [7, 11) is -3.82. The number of hydrogen-bond donors (Lipinski definition) is 0. The molecule has 1 aliphatic rings. The number of rotatable bonds is 7. The Morgan fingerprint density at radius 3 is 2.00 bits per heavy atom. The van der Waals surface area contributed by atoms with E-state index < -0.39 is 27.4 Å². The second-order valence-electron chi connectivity index (χ2n) is 8.96. The van der Waals surface area contributed by atoms with Gasteiger partial charge in [0.25, 0.3) is 0 Å². The van der Waals surface area contributed by atoms with E-state index in [-0.39, 0.29) is 17.9 Å². The Morgan fingerprint density at radius 2 is 1.50 bits per heavy atom. The van der Waals surface area contributed by atoms with Crippen molar-refractivity contribution in [1.82, 2.24) is 4.31 Å². The Balaban J connectivity index is 1.85. The van der Waals surface area contributed by atoms with Crippen molar-refractivity contribution in [2.75, 3.05) is 6.54 Å². The zero-order valence-corrected chi connectivity index (χ0v) is 19.9. The molecular weight excluding hydrogens is 442 g/mol. The van der Waals surface area contributed by atoms with E-state index in [1.807, 2.05) is 67.6 Å². The lowest BCUT2D eigenvalue weighted by Crippen LogP contribution is -2.38. The van der Waals surface area contributed by atoms with Gasteiger partial charge in [-0.05, 0) is 43.0 Å². The molecule has 1 fully saturated rings. The highest BCUT2D eigenvalue weighted by Crippen LogP contribution is 2.47. The quantitative estimate of drug-likeness (QED) is 0.477. The molecule has 0 spiro atoms. The first-order valence-electron chi connectivity index (χ1n) is 11.4. The van der Waals surface area contributed by atoms with Crippen molar-refractivity contribution in [3.8, 4) is 12.1 Å². The largest absolute Gasteiger partial charge is 0.243 e. The first kappa shape index (κ1) is 23.7. The van der Waals surface area contributed by atoms with E-state index in [1.165, 1.54) is 0 Å². The van der Waals surface area contributed by atoms with Crippen molar-refractivity contribution >= 4 is 10.0 Å². The summed E-state index contributed by atoms with van der Waals surface area (Å²) in [6.07, 6.45) is 0.932. The van der Waals surface area contributed by atoms with Gasteiger partial charge < -0.3 is 0 Å². The molecule has 172 valence electrons. The summed E-state index contributed by atoms with van der Waals surface area (Å²) in [5.41, 5.74) is 2.51. The SMILES string of the molecule is Cc1ccc(S(=O)(=O)N2CC(c3ccccc3)(c3ccccc3)CC2CC(C#N)CC#N)cc1. The van der Waals surface area contributed by atoms with Gasteiger partial charge in [-0.25, -0.2) is 8.42 Å². The molecule has 1 aliphatic heterocycles. The number of nitriles is 2. The molecule has 0 bridgehead atoms. The minimum absolute atomic E-state index is 0.0785. The van der Waals surface area contributed by atoms with Crippen molar-refractivity contribution in [2.24, 2.45) is 5.92 Å². The van der Waals surface area contributed by atoms with E-state index in [2.05, 4.69) is 12.1 Å². The van der Waals surface area contributed by atoms with Crippen molar-refractivity contribution in [3.05, 3.63) is 102 Å². The van der Waals surface area contributed by atoms with E-state index in [4.69, 9.17) is 0 Å². The summed E-state index contributed by atoms with van der Waals surface area (Å²) in [6.45, 7) is 2.19. The molecule has 3 aromatic carbocycles. The van der Waals surface area contributed by atoms with Crippen LogP contribution in [0.2, 0.25) is 0 Å². The third-order valence-corrected chi connectivity index (χ3v) is 8.69. The highest BCUT2D eigenvalue weighted by Gasteiger charge is 2.51. The van der Waals surface area contributed by atoms with Crippen LogP contribution in [-0.4, -0.2) is 25.3 Å². The number of benzene rings is 3. The number of hydrogen-bond acceptors (Lipinski definition) is 4. The summed E-state index contributed by atoms with van der Waals surface area (Å²) in [5, 5.41) is 18.8. The standard InChI is InChI=1S/C28H27N3O2S/c1-22-12-14-27(15-13-22)34(32,33)31-21-28(24-8-4-2-5-9-24,25-10-6-3-7-11-25)19-26(31)18-23(20-30)16-17-29/h2-15,23,26H,16,18-19,21H2,1H3.